The van der Waals surface area contributed by atoms with Gasteiger partial charge in [0.1, 0.15) is 0 Å². The van der Waals surface area contributed by atoms with Crippen molar-refractivity contribution < 1.29 is 9.90 Å². The van der Waals surface area contributed by atoms with Crippen LogP contribution < -0.4 is 5.32 Å². The minimum Gasteiger partial charge on any atom is -0.396 e. The van der Waals surface area contributed by atoms with Crippen molar-refractivity contribution >= 4 is 28.7 Å². The summed E-state index contributed by atoms with van der Waals surface area (Å²) in [5, 5.41) is 12.3. The second kappa shape index (κ2) is 7.31. The maximum atomic E-state index is 11.7. The molecule has 0 atom stereocenters. The van der Waals surface area contributed by atoms with Crippen LogP contribution in [0.1, 0.15) is 13.3 Å². The third-order valence-electron chi connectivity index (χ3n) is 2.93. The summed E-state index contributed by atoms with van der Waals surface area (Å²) in [6.07, 6.45) is 0.587. The Kier molecular flexibility index (Phi) is 5.43. The van der Waals surface area contributed by atoms with Gasteiger partial charge in [-0.05, 0) is 25.5 Å². The summed E-state index contributed by atoms with van der Waals surface area (Å²) in [5.41, 5.74) is 2.05. The fourth-order valence-corrected chi connectivity index (χ4v) is 2.87. The van der Waals surface area contributed by atoms with Crippen LogP contribution in [0, 0.1) is 0 Å². The van der Waals surface area contributed by atoms with Crippen LogP contribution >= 0.6 is 11.8 Å². The lowest BCUT2D eigenvalue weighted by atomic mass is 10.3. The molecule has 0 bridgehead atoms. The summed E-state index contributed by atoms with van der Waals surface area (Å²) < 4.78 is 2.11. The summed E-state index contributed by atoms with van der Waals surface area (Å²) in [6.45, 7) is 3.51. The molecule has 0 spiro atoms. The fraction of sp³-hybridized carbons (Fsp3) is 0.429. The number of imidazole rings is 1. The van der Waals surface area contributed by atoms with Crippen LogP contribution in [0.2, 0.25) is 0 Å². The summed E-state index contributed by atoms with van der Waals surface area (Å²) in [6, 6.07) is 7.97. The van der Waals surface area contributed by atoms with Crippen LogP contribution in [0.25, 0.3) is 11.0 Å². The van der Waals surface area contributed by atoms with Crippen molar-refractivity contribution in [1.82, 2.24) is 14.9 Å². The largest absolute Gasteiger partial charge is 0.396 e. The molecular formula is C14H19N3O2S. The van der Waals surface area contributed by atoms with E-state index in [1.807, 2.05) is 24.3 Å². The summed E-state index contributed by atoms with van der Waals surface area (Å²) in [4.78, 5) is 16.2. The van der Waals surface area contributed by atoms with Crippen LogP contribution in [0.4, 0.5) is 0 Å². The molecule has 5 nitrogen and oxygen atoms in total. The first-order valence-corrected chi connectivity index (χ1v) is 7.70. The number of nitrogens with one attached hydrogen (secondary N) is 1. The average Bonchev–Trinajstić information content (AvgIpc) is 2.83. The third kappa shape index (κ3) is 3.52. The number of aliphatic hydroxyl groups excluding tert-OH is 1. The standard InChI is InChI=1S/C14H19N3O2S/c1-2-17-12-7-4-3-6-11(12)16-14(17)20-10-13(19)15-8-5-9-18/h3-4,6-7,18H,2,5,8-10H2,1H3,(H,15,19). The average molecular weight is 293 g/mol. The lowest BCUT2D eigenvalue weighted by Crippen LogP contribution is -2.26. The second-order valence-electron chi connectivity index (χ2n) is 4.34. The molecule has 0 saturated heterocycles. The van der Waals surface area contributed by atoms with Crippen molar-refractivity contribution in [2.45, 2.75) is 25.0 Å². The number of nitrogens with zero attached hydrogens (tertiary/aromatic N) is 2. The number of fused-ring (bicyclic) bond motifs is 1. The number of carbonyl (C=O) groups excluding carboxylic acids is 1. The predicted molar refractivity (Wildman–Crippen MR) is 80.8 cm³/mol. The molecular weight excluding hydrogens is 274 g/mol. The highest BCUT2D eigenvalue weighted by Crippen LogP contribution is 2.23. The number of aryl methyl sites for hydroxylation is 1. The van der Waals surface area contributed by atoms with Crippen molar-refractivity contribution in [1.29, 1.82) is 0 Å². The summed E-state index contributed by atoms with van der Waals surface area (Å²) in [5.74, 6) is 0.313. The number of hydrogen-bond acceptors (Lipinski definition) is 4. The Bertz CT molecular complexity index is 583. The molecule has 1 aromatic carbocycles. The second-order valence-corrected chi connectivity index (χ2v) is 5.29. The van der Waals surface area contributed by atoms with E-state index in [0.717, 1.165) is 22.7 Å². The van der Waals surface area contributed by atoms with Crippen LogP contribution in [-0.2, 0) is 11.3 Å². The third-order valence-corrected chi connectivity index (χ3v) is 3.90. The first-order chi connectivity index (χ1) is 9.76. The fourth-order valence-electron chi connectivity index (χ4n) is 1.96. The molecule has 0 fully saturated rings. The first-order valence-electron chi connectivity index (χ1n) is 6.72. The Morgan fingerprint density at radius 3 is 3.00 bits per heavy atom. The number of hydrogen-bond donors (Lipinski definition) is 2. The molecule has 0 aliphatic heterocycles. The van der Waals surface area contributed by atoms with Gasteiger partial charge in [-0.15, -0.1) is 0 Å². The van der Waals surface area contributed by atoms with Gasteiger partial charge >= 0.3 is 0 Å². The normalized spacial score (nSPS) is 10.9. The molecule has 2 aromatic rings. The van der Waals surface area contributed by atoms with E-state index in [1.165, 1.54) is 11.8 Å². The van der Waals surface area contributed by atoms with Gasteiger partial charge < -0.3 is 15.0 Å². The Balaban J connectivity index is 2.00. The number of benzene rings is 1. The van der Waals surface area contributed by atoms with E-state index < -0.39 is 0 Å². The molecule has 0 aliphatic carbocycles. The quantitative estimate of drug-likeness (QED) is 0.602. The predicted octanol–water partition coefficient (Wildman–Crippen LogP) is 1.65. The zero-order valence-electron chi connectivity index (χ0n) is 11.5. The van der Waals surface area contributed by atoms with Gasteiger partial charge in [0.05, 0.1) is 16.8 Å². The SMILES string of the molecule is CCn1c(SCC(=O)NCCCO)nc2ccccc21. The first kappa shape index (κ1) is 14.9. The summed E-state index contributed by atoms with van der Waals surface area (Å²) in [7, 11) is 0. The van der Waals surface area contributed by atoms with Gasteiger partial charge in [-0.1, -0.05) is 23.9 Å². The van der Waals surface area contributed by atoms with Gasteiger partial charge in [-0.2, -0.15) is 0 Å². The van der Waals surface area contributed by atoms with Gasteiger partial charge in [-0.25, -0.2) is 4.98 Å². The lowest BCUT2D eigenvalue weighted by Gasteiger charge is -2.06. The van der Waals surface area contributed by atoms with Crippen LogP contribution in [0.3, 0.4) is 0 Å². The van der Waals surface area contributed by atoms with E-state index >= 15 is 0 Å². The van der Waals surface area contributed by atoms with Crippen molar-refractivity contribution in [3.63, 3.8) is 0 Å². The van der Waals surface area contributed by atoms with Crippen LogP contribution in [0.15, 0.2) is 29.4 Å². The minimum absolute atomic E-state index is 0.0295. The van der Waals surface area contributed by atoms with E-state index in [-0.39, 0.29) is 12.5 Å². The zero-order chi connectivity index (χ0) is 14.4. The Labute approximate surface area is 122 Å². The molecule has 2 N–H and O–H groups in total. The number of amides is 1. The maximum absolute atomic E-state index is 11.7. The van der Waals surface area contributed by atoms with Gasteiger partial charge in [-0.3, -0.25) is 4.79 Å². The molecule has 1 aromatic heterocycles. The van der Waals surface area contributed by atoms with Crippen LogP contribution in [0.5, 0.6) is 0 Å². The molecule has 1 amide bonds. The monoisotopic (exact) mass is 293 g/mol. The molecule has 6 heteroatoms. The highest BCUT2D eigenvalue weighted by atomic mass is 32.2. The van der Waals surface area contributed by atoms with E-state index in [2.05, 4.69) is 21.8 Å². The topological polar surface area (TPSA) is 67.2 Å². The van der Waals surface area contributed by atoms with E-state index in [0.29, 0.717) is 18.7 Å². The molecule has 108 valence electrons. The minimum atomic E-state index is -0.0295. The smallest absolute Gasteiger partial charge is 0.230 e. The molecule has 2 rings (SSSR count). The lowest BCUT2D eigenvalue weighted by molar-refractivity contribution is -0.118. The summed E-state index contributed by atoms with van der Waals surface area (Å²) >= 11 is 1.44. The van der Waals surface area contributed by atoms with Crippen molar-refractivity contribution in [3.05, 3.63) is 24.3 Å². The van der Waals surface area contributed by atoms with Crippen LogP contribution in [-0.4, -0.2) is 39.5 Å². The van der Waals surface area contributed by atoms with Crippen molar-refractivity contribution in [3.8, 4) is 0 Å². The van der Waals surface area contributed by atoms with E-state index in [1.54, 1.807) is 0 Å². The molecule has 20 heavy (non-hydrogen) atoms. The van der Waals surface area contributed by atoms with Gasteiger partial charge in [0, 0.05) is 19.7 Å². The molecule has 0 radical (unpaired) electrons. The number of rotatable bonds is 7. The van der Waals surface area contributed by atoms with Gasteiger partial charge in [0.15, 0.2) is 5.16 Å². The van der Waals surface area contributed by atoms with E-state index in [4.69, 9.17) is 5.11 Å². The highest BCUT2D eigenvalue weighted by molar-refractivity contribution is 7.99. The maximum Gasteiger partial charge on any atom is 0.230 e. The number of aromatic nitrogens is 2. The molecule has 0 aliphatic rings. The van der Waals surface area contributed by atoms with Crippen molar-refractivity contribution in [2.24, 2.45) is 0 Å². The highest BCUT2D eigenvalue weighted by Gasteiger charge is 2.11. The Hall–Kier alpha value is -1.53. The van der Waals surface area contributed by atoms with Crippen molar-refractivity contribution in [2.75, 3.05) is 18.9 Å². The van der Waals surface area contributed by atoms with Gasteiger partial charge in [0.25, 0.3) is 0 Å². The van der Waals surface area contributed by atoms with E-state index in [9.17, 15) is 4.79 Å². The molecule has 0 unspecified atom stereocenters. The number of thioether (sulfide) groups is 1. The number of aliphatic hydroxyl groups is 1. The number of carbonyl (C=O) groups is 1. The Morgan fingerprint density at radius 2 is 2.25 bits per heavy atom. The molecule has 0 saturated carbocycles. The van der Waals surface area contributed by atoms with Gasteiger partial charge in [0.2, 0.25) is 5.91 Å². The Morgan fingerprint density at radius 1 is 1.45 bits per heavy atom. The zero-order valence-corrected chi connectivity index (χ0v) is 12.3. The number of para-hydroxylation sites is 2. The molecule has 1 heterocycles.